The van der Waals surface area contributed by atoms with Gasteiger partial charge < -0.3 is 20.1 Å². The molecule has 5 heteroatoms. The number of nitrogens with zero attached hydrogens (tertiary/aromatic N) is 1. The molecule has 0 aromatic carbocycles. The van der Waals surface area contributed by atoms with E-state index in [1.807, 2.05) is 20.8 Å². The van der Waals surface area contributed by atoms with E-state index >= 15 is 0 Å². The van der Waals surface area contributed by atoms with E-state index in [4.69, 9.17) is 15.2 Å². The average molecular weight is 242 g/mol. The van der Waals surface area contributed by atoms with E-state index in [1.165, 1.54) is 0 Å². The van der Waals surface area contributed by atoms with Crippen molar-refractivity contribution >= 4 is 6.09 Å². The number of likely N-dealkylation sites (tertiary alicyclic amines) is 1. The molecule has 5 nitrogen and oxygen atoms in total. The summed E-state index contributed by atoms with van der Waals surface area (Å²) in [6.07, 6.45) is 0.550. The van der Waals surface area contributed by atoms with Crippen LogP contribution >= 0.6 is 0 Å². The van der Waals surface area contributed by atoms with Crippen molar-refractivity contribution in [3.8, 4) is 0 Å². The maximum absolute atomic E-state index is 12.0. The van der Waals surface area contributed by atoms with E-state index in [0.717, 1.165) is 6.42 Å². The SMILES string of the molecule is CC(C)(C)OC(=O)N1CC2COCCC2(N)C1. The van der Waals surface area contributed by atoms with Gasteiger partial charge in [-0.3, -0.25) is 0 Å². The maximum Gasteiger partial charge on any atom is 0.410 e. The predicted octanol–water partition coefficient (Wildman–Crippen LogP) is 0.971. The summed E-state index contributed by atoms with van der Waals surface area (Å²) < 4.78 is 10.8. The number of carbonyl (C=O) groups excluding carboxylic acids is 1. The summed E-state index contributed by atoms with van der Waals surface area (Å²) in [5.74, 6) is 0.240. The summed E-state index contributed by atoms with van der Waals surface area (Å²) in [7, 11) is 0. The van der Waals surface area contributed by atoms with Gasteiger partial charge in [0.2, 0.25) is 0 Å². The lowest BCUT2D eigenvalue weighted by Crippen LogP contribution is -2.52. The zero-order valence-corrected chi connectivity index (χ0v) is 10.9. The van der Waals surface area contributed by atoms with Crippen LogP contribution in [-0.4, -0.2) is 48.4 Å². The predicted molar refractivity (Wildman–Crippen MR) is 63.7 cm³/mol. The molecule has 0 spiro atoms. The van der Waals surface area contributed by atoms with Crippen LogP contribution in [0.2, 0.25) is 0 Å². The number of nitrogens with two attached hydrogens (primary N) is 1. The molecule has 0 aromatic rings. The Morgan fingerprint density at radius 3 is 2.82 bits per heavy atom. The van der Waals surface area contributed by atoms with Crippen LogP contribution in [-0.2, 0) is 9.47 Å². The first-order valence-electron chi connectivity index (χ1n) is 6.15. The average Bonchev–Trinajstić information content (AvgIpc) is 2.52. The second-order valence-electron chi connectivity index (χ2n) is 6.12. The van der Waals surface area contributed by atoms with Crippen LogP contribution in [0.15, 0.2) is 0 Å². The van der Waals surface area contributed by atoms with E-state index in [9.17, 15) is 4.79 Å². The van der Waals surface area contributed by atoms with E-state index in [-0.39, 0.29) is 17.6 Å². The van der Waals surface area contributed by atoms with E-state index in [1.54, 1.807) is 4.90 Å². The standard InChI is InChI=1S/C12H22N2O3/c1-11(2,3)17-10(15)14-6-9-7-16-5-4-12(9,13)8-14/h9H,4-8,13H2,1-3H3. The number of carbonyl (C=O) groups is 1. The summed E-state index contributed by atoms with van der Waals surface area (Å²) in [5, 5.41) is 0. The molecular weight excluding hydrogens is 220 g/mol. The molecule has 0 saturated carbocycles. The number of hydrogen-bond acceptors (Lipinski definition) is 4. The Bertz CT molecular complexity index is 313. The molecule has 2 N–H and O–H groups in total. The number of amides is 1. The maximum atomic E-state index is 12.0. The number of ether oxygens (including phenoxy) is 2. The fraction of sp³-hybridized carbons (Fsp3) is 0.917. The van der Waals surface area contributed by atoms with Crippen molar-refractivity contribution in [2.75, 3.05) is 26.3 Å². The Labute approximate surface area is 102 Å². The third-order valence-electron chi connectivity index (χ3n) is 3.42. The minimum atomic E-state index is -0.455. The van der Waals surface area contributed by atoms with Gasteiger partial charge in [-0.25, -0.2) is 4.79 Å². The van der Waals surface area contributed by atoms with Crippen molar-refractivity contribution in [3.05, 3.63) is 0 Å². The molecule has 17 heavy (non-hydrogen) atoms. The van der Waals surface area contributed by atoms with Gasteiger partial charge in [0.1, 0.15) is 5.60 Å². The monoisotopic (exact) mass is 242 g/mol. The zero-order valence-electron chi connectivity index (χ0n) is 10.9. The minimum Gasteiger partial charge on any atom is -0.444 e. The van der Waals surface area contributed by atoms with E-state index in [2.05, 4.69) is 0 Å². The smallest absolute Gasteiger partial charge is 0.410 e. The molecule has 2 unspecified atom stereocenters. The van der Waals surface area contributed by atoms with Crippen molar-refractivity contribution < 1.29 is 14.3 Å². The zero-order chi connectivity index (χ0) is 12.7. The molecule has 2 heterocycles. The minimum absolute atomic E-state index is 0.240. The van der Waals surface area contributed by atoms with Gasteiger partial charge in [-0.2, -0.15) is 0 Å². The molecule has 2 atom stereocenters. The van der Waals surface area contributed by atoms with Gasteiger partial charge in [0.05, 0.1) is 6.61 Å². The second kappa shape index (κ2) is 4.14. The van der Waals surface area contributed by atoms with E-state index < -0.39 is 5.60 Å². The molecule has 1 amide bonds. The fourth-order valence-corrected chi connectivity index (χ4v) is 2.45. The first-order chi connectivity index (χ1) is 7.80. The fourth-order valence-electron chi connectivity index (χ4n) is 2.45. The largest absolute Gasteiger partial charge is 0.444 e. The normalized spacial score (nSPS) is 33.4. The molecule has 2 aliphatic heterocycles. The lowest BCUT2D eigenvalue weighted by molar-refractivity contribution is 0.0238. The molecule has 0 aromatic heterocycles. The molecule has 0 aliphatic carbocycles. The lowest BCUT2D eigenvalue weighted by Gasteiger charge is -2.34. The van der Waals surface area contributed by atoms with Crippen LogP contribution in [0.4, 0.5) is 4.79 Å². The Morgan fingerprint density at radius 1 is 1.53 bits per heavy atom. The Hall–Kier alpha value is -0.810. The number of fused-ring (bicyclic) bond motifs is 1. The first-order valence-corrected chi connectivity index (χ1v) is 6.15. The highest BCUT2D eigenvalue weighted by molar-refractivity contribution is 5.69. The van der Waals surface area contributed by atoms with Gasteiger partial charge in [0, 0.05) is 31.2 Å². The van der Waals surface area contributed by atoms with Gasteiger partial charge in [0.25, 0.3) is 0 Å². The molecule has 2 rings (SSSR count). The topological polar surface area (TPSA) is 64.8 Å². The number of hydrogen-bond donors (Lipinski definition) is 1. The number of rotatable bonds is 0. The van der Waals surface area contributed by atoms with Gasteiger partial charge in [-0.15, -0.1) is 0 Å². The van der Waals surface area contributed by atoms with Crippen LogP contribution in [0, 0.1) is 5.92 Å². The van der Waals surface area contributed by atoms with Crippen molar-refractivity contribution in [2.45, 2.75) is 38.3 Å². The van der Waals surface area contributed by atoms with Gasteiger partial charge in [0.15, 0.2) is 0 Å². The van der Waals surface area contributed by atoms with Crippen LogP contribution in [0.3, 0.4) is 0 Å². The molecule has 98 valence electrons. The molecule has 0 radical (unpaired) electrons. The van der Waals surface area contributed by atoms with Crippen molar-refractivity contribution in [1.29, 1.82) is 0 Å². The summed E-state index contributed by atoms with van der Waals surface area (Å²) in [6, 6.07) is 0. The first kappa shape index (κ1) is 12.6. The quantitative estimate of drug-likeness (QED) is 0.687. The molecule has 2 fully saturated rings. The highest BCUT2D eigenvalue weighted by Crippen LogP contribution is 2.32. The van der Waals surface area contributed by atoms with Crippen LogP contribution < -0.4 is 5.73 Å². The third-order valence-corrected chi connectivity index (χ3v) is 3.42. The van der Waals surface area contributed by atoms with Gasteiger partial charge >= 0.3 is 6.09 Å². The molecular formula is C12H22N2O3. The van der Waals surface area contributed by atoms with Crippen LogP contribution in [0.25, 0.3) is 0 Å². The van der Waals surface area contributed by atoms with E-state index in [0.29, 0.717) is 26.3 Å². The summed E-state index contributed by atoms with van der Waals surface area (Å²) in [4.78, 5) is 13.7. The van der Waals surface area contributed by atoms with Crippen molar-refractivity contribution in [2.24, 2.45) is 11.7 Å². The van der Waals surface area contributed by atoms with Gasteiger partial charge in [-0.1, -0.05) is 0 Å². The highest BCUT2D eigenvalue weighted by atomic mass is 16.6. The molecule has 0 bridgehead atoms. The second-order valence-corrected chi connectivity index (χ2v) is 6.12. The third kappa shape index (κ3) is 2.72. The van der Waals surface area contributed by atoms with Crippen LogP contribution in [0.1, 0.15) is 27.2 Å². The van der Waals surface area contributed by atoms with Crippen molar-refractivity contribution in [1.82, 2.24) is 4.90 Å². The summed E-state index contributed by atoms with van der Waals surface area (Å²) in [5.41, 5.74) is 5.59. The highest BCUT2D eigenvalue weighted by Gasteiger charge is 2.47. The molecule has 2 saturated heterocycles. The summed E-state index contributed by atoms with van der Waals surface area (Å²) >= 11 is 0. The van der Waals surface area contributed by atoms with Crippen LogP contribution in [0.5, 0.6) is 0 Å². The summed E-state index contributed by atoms with van der Waals surface area (Å²) in [6.45, 7) is 8.17. The lowest BCUT2D eigenvalue weighted by atomic mass is 9.84. The van der Waals surface area contributed by atoms with Crippen molar-refractivity contribution in [3.63, 3.8) is 0 Å². The molecule has 2 aliphatic rings. The Balaban J connectivity index is 1.99. The Morgan fingerprint density at radius 2 is 2.24 bits per heavy atom. The Kier molecular flexibility index (Phi) is 3.08. The van der Waals surface area contributed by atoms with Gasteiger partial charge in [-0.05, 0) is 27.2 Å².